The molecule has 148 valence electrons. The Hall–Kier alpha value is -3.20. The van der Waals surface area contributed by atoms with Crippen molar-refractivity contribution in [2.45, 2.75) is 32.7 Å². The first-order valence-corrected chi connectivity index (χ1v) is 10.2. The first kappa shape index (κ1) is 20.5. The summed E-state index contributed by atoms with van der Waals surface area (Å²) in [5.74, 6) is 0.0717. The molecule has 0 spiro atoms. The highest BCUT2D eigenvalue weighted by Crippen LogP contribution is 2.22. The highest BCUT2D eigenvalue weighted by atomic mass is 16.2. The van der Waals surface area contributed by atoms with E-state index in [4.69, 9.17) is 0 Å². The molecular formula is C26H27NO2. The highest BCUT2D eigenvalue weighted by molar-refractivity contribution is 5.94. The Morgan fingerprint density at radius 1 is 0.862 bits per heavy atom. The number of hydrogen-bond donors (Lipinski definition) is 0. The van der Waals surface area contributed by atoms with Crippen LogP contribution >= 0.6 is 0 Å². The molecule has 1 amide bonds. The van der Waals surface area contributed by atoms with Crippen LogP contribution < -0.4 is 0 Å². The molecule has 0 atom stereocenters. The van der Waals surface area contributed by atoms with E-state index in [-0.39, 0.29) is 5.91 Å². The molecule has 29 heavy (non-hydrogen) atoms. The Kier molecular flexibility index (Phi) is 7.34. The summed E-state index contributed by atoms with van der Waals surface area (Å²) in [4.78, 5) is 25.9. The number of hydrogen-bond acceptors (Lipinski definition) is 2. The van der Waals surface area contributed by atoms with Crippen molar-refractivity contribution < 1.29 is 9.59 Å². The molecule has 0 bridgehead atoms. The summed E-state index contributed by atoms with van der Waals surface area (Å²) in [5.41, 5.74) is 4.64. The predicted octanol–water partition coefficient (Wildman–Crippen LogP) is 6.00. The van der Waals surface area contributed by atoms with Crippen LogP contribution in [-0.2, 0) is 6.54 Å². The molecule has 3 nitrogen and oxygen atoms in total. The molecule has 3 aromatic rings. The summed E-state index contributed by atoms with van der Waals surface area (Å²) in [7, 11) is 0. The molecule has 3 heteroatoms. The molecule has 0 aliphatic rings. The molecule has 0 aliphatic heterocycles. The van der Waals surface area contributed by atoms with E-state index in [1.165, 1.54) is 0 Å². The van der Waals surface area contributed by atoms with Crippen molar-refractivity contribution in [2.75, 3.05) is 6.54 Å². The van der Waals surface area contributed by atoms with Crippen molar-refractivity contribution in [3.05, 3.63) is 95.6 Å². The summed E-state index contributed by atoms with van der Waals surface area (Å²) in [6, 6.07) is 25.3. The maximum Gasteiger partial charge on any atom is 0.254 e. The number of carbonyl (C=O) groups is 2. The lowest BCUT2D eigenvalue weighted by molar-refractivity contribution is 0.0740. The van der Waals surface area contributed by atoms with Crippen LogP contribution in [0.15, 0.2) is 78.9 Å². The largest absolute Gasteiger partial charge is 0.334 e. The number of carbonyl (C=O) groups excluding carboxylic acids is 2. The number of amides is 1. The highest BCUT2D eigenvalue weighted by Gasteiger charge is 2.16. The van der Waals surface area contributed by atoms with E-state index in [9.17, 15) is 9.59 Å². The lowest BCUT2D eigenvalue weighted by Crippen LogP contribution is -2.31. The lowest BCUT2D eigenvalue weighted by atomic mass is 10.0. The normalized spacial score (nSPS) is 10.5. The van der Waals surface area contributed by atoms with Crippen molar-refractivity contribution in [3.8, 4) is 11.1 Å². The van der Waals surface area contributed by atoms with Crippen LogP contribution in [0.4, 0.5) is 0 Å². The summed E-state index contributed by atoms with van der Waals surface area (Å²) in [6.07, 6.45) is 4.09. The second-order valence-corrected chi connectivity index (χ2v) is 7.24. The van der Waals surface area contributed by atoms with E-state index in [2.05, 4.69) is 25.1 Å². The fourth-order valence-corrected chi connectivity index (χ4v) is 3.39. The summed E-state index contributed by atoms with van der Waals surface area (Å²) >= 11 is 0. The zero-order valence-electron chi connectivity index (χ0n) is 16.9. The van der Waals surface area contributed by atoms with Gasteiger partial charge in [0.15, 0.2) is 0 Å². The predicted molar refractivity (Wildman–Crippen MR) is 118 cm³/mol. The van der Waals surface area contributed by atoms with Crippen LogP contribution in [0.1, 0.15) is 52.5 Å². The number of benzene rings is 3. The molecule has 0 heterocycles. The number of nitrogens with zero attached hydrogens (tertiary/aromatic N) is 1. The maximum absolute atomic E-state index is 13.1. The minimum absolute atomic E-state index is 0.0717. The molecule has 3 rings (SSSR count). The van der Waals surface area contributed by atoms with Gasteiger partial charge in [0.25, 0.3) is 5.91 Å². The van der Waals surface area contributed by atoms with Gasteiger partial charge in [0.05, 0.1) is 0 Å². The van der Waals surface area contributed by atoms with E-state index in [1.807, 2.05) is 65.6 Å². The first-order valence-electron chi connectivity index (χ1n) is 10.2. The van der Waals surface area contributed by atoms with Gasteiger partial charge < -0.3 is 4.90 Å². The Morgan fingerprint density at radius 2 is 1.62 bits per heavy atom. The minimum Gasteiger partial charge on any atom is -0.334 e. The molecule has 0 aromatic heterocycles. The number of rotatable bonds is 9. The van der Waals surface area contributed by atoms with Gasteiger partial charge in [-0.2, -0.15) is 0 Å². The van der Waals surface area contributed by atoms with Crippen LogP contribution in [0.3, 0.4) is 0 Å². The van der Waals surface area contributed by atoms with Crippen molar-refractivity contribution in [1.29, 1.82) is 0 Å². The van der Waals surface area contributed by atoms with Crippen LogP contribution in [0.2, 0.25) is 0 Å². The Bertz CT molecular complexity index is 932. The second kappa shape index (κ2) is 10.4. The van der Waals surface area contributed by atoms with Gasteiger partial charge in [-0.15, -0.1) is 0 Å². The van der Waals surface area contributed by atoms with Gasteiger partial charge in [0.2, 0.25) is 0 Å². The average molecular weight is 386 g/mol. The first-order chi connectivity index (χ1) is 14.2. The van der Waals surface area contributed by atoms with Crippen molar-refractivity contribution in [2.24, 2.45) is 0 Å². The molecule has 0 saturated heterocycles. The van der Waals surface area contributed by atoms with Gasteiger partial charge in [-0.05, 0) is 41.3 Å². The van der Waals surface area contributed by atoms with Gasteiger partial charge in [-0.3, -0.25) is 9.59 Å². The third-order valence-corrected chi connectivity index (χ3v) is 5.02. The molecule has 0 N–H and O–H groups in total. The van der Waals surface area contributed by atoms with Crippen molar-refractivity contribution in [3.63, 3.8) is 0 Å². The molecule has 0 saturated carbocycles. The van der Waals surface area contributed by atoms with E-state index >= 15 is 0 Å². The third kappa shape index (κ3) is 5.64. The van der Waals surface area contributed by atoms with Crippen LogP contribution in [0.25, 0.3) is 11.1 Å². The quantitative estimate of drug-likeness (QED) is 0.335. The molecule has 0 unspecified atom stereocenters. The van der Waals surface area contributed by atoms with E-state index in [0.717, 1.165) is 54.3 Å². The van der Waals surface area contributed by atoms with Crippen molar-refractivity contribution >= 4 is 12.2 Å². The second-order valence-electron chi connectivity index (χ2n) is 7.24. The standard InChI is InChI=1S/C26H27NO2/c1-2-3-7-17-27(26(29)24-10-5-4-6-11-24)19-22-9-8-12-25(18-22)23-15-13-21(20-28)14-16-23/h4-6,8-16,18,20H,2-3,7,17,19H2,1H3. The Balaban J connectivity index is 1.80. The van der Waals surface area contributed by atoms with Gasteiger partial charge >= 0.3 is 0 Å². The van der Waals surface area contributed by atoms with Gasteiger partial charge in [0.1, 0.15) is 6.29 Å². The van der Waals surface area contributed by atoms with E-state index in [0.29, 0.717) is 12.1 Å². The van der Waals surface area contributed by atoms with E-state index < -0.39 is 0 Å². The van der Waals surface area contributed by atoms with Crippen LogP contribution in [0.5, 0.6) is 0 Å². The van der Waals surface area contributed by atoms with Crippen LogP contribution in [-0.4, -0.2) is 23.6 Å². The molecule has 0 fully saturated rings. The molecule has 0 radical (unpaired) electrons. The Morgan fingerprint density at radius 3 is 2.31 bits per heavy atom. The molecular weight excluding hydrogens is 358 g/mol. The molecule has 3 aromatic carbocycles. The van der Waals surface area contributed by atoms with Crippen molar-refractivity contribution in [1.82, 2.24) is 4.90 Å². The topological polar surface area (TPSA) is 37.4 Å². The summed E-state index contributed by atoms with van der Waals surface area (Å²) in [5, 5.41) is 0. The van der Waals surface area contributed by atoms with Gasteiger partial charge in [0, 0.05) is 24.2 Å². The summed E-state index contributed by atoms with van der Waals surface area (Å²) < 4.78 is 0. The Labute approximate surface area is 173 Å². The summed E-state index contributed by atoms with van der Waals surface area (Å²) in [6.45, 7) is 3.50. The fraction of sp³-hybridized carbons (Fsp3) is 0.231. The smallest absolute Gasteiger partial charge is 0.254 e. The molecule has 0 aliphatic carbocycles. The zero-order chi connectivity index (χ0) is 20.5. The van der Waals surface area contributed by atoms with Crippen LogP contribution in [0, 0.1) is 0 Å². The fourth-order valence-electron chi connectivity index (χ4n) is 3.39. The minimum atomic E-state index is 0.0717. The maximum atomic E-state index is 13.1. The zero-order valence-corrected chi connectivity index (χ0v) is 16.9. The van der Waals surface area contributed by atoms with Gasteiger partial charge in [-0.1, -0.05) is 80.4 Å². The third-order valence-electron chi connectivity index (χ3n) is 5.02. The van der Waals surface area contributed by atoms with E-state index in [1.54, 1.807) is 0 Å². The monoisotopic (exact) mass is 385 g/mol. The number of aldehydes is 1. The van der Waals surface area contributed by atoms with Gasteiger partial charge in [-0.25, -0.2) is 0 Å². The SMILES string of the molecule is CCCCCN(Cc1cccc(-c2ccc(C=O)cc2)c1)C(=O)c1ccccc1. The average Bonchev–Trinajstić information content (AvgIpc) is 2.79. The lowest BCUT2D eigenvalue weighted by Gasteiger charge is -2.23. The number of unbranched alkanes of at least 4 members (excludes halogenated alkanes) is 2.